The van der Waals surface area contributed by atoms with Crippen LogP contribution < -0.4 is 0 Å². The lowest BCUT2D eigenvalue weighted by Gasteiger charge is -2.25. The maximum Gasteiger partial charge on any atom is 0.165 e. The number of rotatable bonds is 2. The number of carbonyl (C=O) groups excluding carboxylic acids is 1. The van der Waals surface area contributed by atoms with Crippen LogP contribution in [0.25, 0.3) is 0 Å². The molecule has 0 aliphatic heterocycles. The van der Waals surface area contributed by atoms with Crippen LogP contribution >= 0.6 is 11.6 Å². The van der Waals surface area contributed by atoms with E-state index in [2.05, 4.69) is 6.92 Å². The van der Waals surface area contributed by atoms with Crippen LogP contribution in [0.4, 0.5) is 0 Å². The third-order valence-corrected chi connectivity index (χ3v) is 3.77. The van der Waals surface area contributed by atoms with E-state index in [-0.39, 0.29) is 5.92 Å². The Labute approximate surface area is 102 Å². The molecule has 0 radical (unpaired) electrons. The van der Waals surface area contributed by atoms with Crippen molar-refractivity contribution in [2.45, 2.75) is 32.6 Å². The summed E-state index contributed by atoms with van der Waals surface area (Å²) in [6, 6.07) is 7.26. The van der Waals surface area contributed by atoms with E-state index in [1.807, 2.05) is 12.1 Å². The normalized spacial score (nSPS) is 25.4. The molecule has 0 unspecified atom stereocenters. The Bertz CT molecular complexity index is 361. The van der Waals surface area contributed by atoms with Gasteiger partial charge in [0.25, 0.3) is 0 Å². The van der Waals surface area contributed by atoms with Crippen LogP contribution in [0.3, 0.4) is 0 Å². The van der Waals surface area contributed by atoms with E-state index in [4.69, 9.17) is 11.6 Å². The predicted molar refractivity (Wildman–Crippen MR) is 66.9 cm³/mol. The average molecular weight is 237 g/mol. The zero-order valence-corrected chi connectivity index (χ0v) is 10.3. The van der Waals surface area contributed by atoms with Gasteiger partial charge in [0.1, 0.15) is 0 Å². The van der Waals surface area contributed by atoms with E-state index in [0.29, 0.717) is 10.8 Å². The van der Waals surface area contributed by atoms with Crippen molar-refractivity contribution in [3.63, 3.8) is 0 Å². The zero-order chi connectivity index (χ0) is 11.5. The average Bonchev–Trinajstić information content (AvgIpc) is 2.30. The highest BCUT2D eigenvalue weighted by Gasteiger charge is 2.24. The second-order valence-corrected chi connectivity index (χ2v) is 5.26. The number of Topliss-reactive ketones (excluding diaryl/α,β-unsaturated/α-hetero) is 1. The Kier molecular flexibility index (Phi) is 3.65. The minimum atomic E-state index is 0.234. The zero-order valence-electron chi connectivity index (χ0n) is 9.58. The van der Waals surface area contributed by atoms with Gasteiger partial charge in [-0.3, -0.25) is 4.79 Å². The topological polar surface area (TPSA) is 17.1 Å². The third kappa shape index (κ3) is 2.65. The van der Waals surface area contributed by atoms with Crippen molar-refractivity contribution < 1.29 is 4.79 Å². The number of hydrogen-bond donors (Lipinski definition) is 0. The van der Waals surface area contributed by atoms with Crippen LogP contribution in [-0.4, -0.2) is 5.78 Å². The maximum absolute atomic E-state index is 12.2. The molecule has 2 heteroatoms. The first-order chi connectivity index (χ1) is 7.66. The molecule has 1 aromatic rings. The Morgan fingerprint density at radius 3 is 2.25 bits per heavy atom. The molecule has 0 spiro atoms. The van der Waals surface area contributed by atoms with Gasteiger partial charge in [-0.05, 0) is 43.0 Å². The fourth-order valence-electron chi connectivity index (χ4n) is 2.37. The van der Waals surface area contributed by atoms with Crippen molar-refractivity contribution in [1.29, 1.82) is 0 Å². The first-order valence-electron chi connectivity index (χ1n) is 5.96. The fourth-order valence-corrected chi connectivity index (χ4v) is 2.50. The maximum atomic E-state index is 12.2. The number of hydrogen-bond acceptors (Lipinski definition) is 1. The van der Waals surface area contributed by atoms with Crippen LogP contribution in [0, 0.1) is 11.8 Å². The van der Waals surface area contributed by atoms with Gasteiger partial charge in [-0.2, -0.15) is 0 Å². The summed E-state index contributed by atoms with van der Waals surface area (Å²) in [6.07, 6.45) is 4.46. The quantitative estimate of drug-likeness (QED) is 0.698. The summed E-state index contributed by atoms with van der Waals surface area (Å²) >= 11 is 5.81. The van der Waals surface area contributed by atoms with E-state index in [1.165, 1.54) is 12.8 Å². The molecule has 16 heavy (non-hydrogen) atoms. The van der Waals surface area contributed by atoms with Crippen molar-refractivity contribution in [3.8, 4) is 0 Å². The highest BCUT2D eigenvalue weighted by Crippen LogP contribution is 2.30. The summed E-state index contributed by atoms with van der Waals surface area (Å²) in [4.78, 5) is 12.2. The lowest BCUT2D eigenvalue weighted by Crippen LogP contribution is -2.20. The molecule has 0 bridgehead atoms. The SMILES string of the molecule is CC1CCC(C(=O)c2ccc(Cl)cc2)CC1. The van der Waals surface area contributed by atoms with Crippen LogP contribution in [0.2, 0.25) is 5.02 Å². The Morgan fingerprint density at radius 1 is 1.12 bits per heavy atom. The van der Waals surface area contributed by atoms with E-state index in [1.54, 1.807) is 12.1 Å². The first kappa shape index (κ1) is 11.7. The highest BCUT2D eigenvalue weighted by molar-refractivity contribution is 6.30. The molecule has 1 aromatic carbocycles. The minimum absolute atomic E-state index is 0.234. The third-order valence-electron chi connectivity index (χ3n) is 3.52. The second-order valence-electron chi connectivity index (χ2n) is 4.83. The molecule has 1 aliphatic rings. The number of halogens is 1. The predicted octanol–water partition coefficient (Wildman–Crippen LogP) is 4.35. The van der Waals surface area contributed by atoms with Gasteiger partial charge in [-0.25, -0.2) is 0 Å². The van der Waals surface area contributed by atoms with Gasteiger partial charge >= 0.3 is 0 Å². The number of ketones is 1. The van der Waals surface area contributed by atoms with E-state index in [0.717, 1.165) is 24.3 Å². The van der Waals surface area contributed by atoms with Crippen LogP contribution in [0.5, 0.6) is 0 Å². The summed E-state index contributed by atoms with van der Waals surface area (Å²) < 4.78 is 0. The standard InChI is InChI=1S/C14H17ClO/c1-10-2-4-11(5-3-10)14(16)12-6-8-13(15)9-7-12/h6-11H,2-5H2,1H3. The van der Waals surface area contributed by atoms with Gasteiger partial charge in [0, 0.05) is 16.5 Å². The molecule has 0 N–H and O–H groups in total. The van der Waals surface area contributed by atoms with Gasteiger partial charge in [0.15, 0.2) is 5.78 Å². The van der Waals surface area contributed by atoms with E-state index in [9.17, 15) is 4.79 Å². The highest BCUT2D eigenvalue weighted by atomic mass is 35.5. The number of carbonyl (C=O) groups is 1. The largest absolute Gasteiger partial charge is 0.294 e. The van der Waals surface area contributed by atoms with Crippen molar-refractivity contribution in [3.05, 3.63) is 34.9 Å². The molecule has 2 rings (SSSR count). The molecule has 0 atom stereocenters. The summed E-state index contributed by atoms with van der Waals surface area (Å²) in [5.41, 5.74) is 0.809. The van der Waals surface area contributed by atoms with Gasteiger partial charge in [-0.15, -0.1) is 0 Å². The molecule has 1 saturated carbocycles. The molecular weight excluding hydrogens is 220 g/mol. The van der Waals surface area contributed by atoms with Crippen molar-refractivity contribution in [2.75, 3.05) is 0 Å². The van der Waals surface area contributed by atoms with Crippen LogP contribution in [0.15, 0.2) is 24.3 Å². The molecule has 0 amide bonds. The molecule has 1 aliphatic carbocycles. The lowest BCUT2D eigenvalue weighted by atomic mass is 9.79. The van der Waals surface area contributed by atoms with Crippen molar-refractivity contribution >= 4 is 17.4 Å². The fraction of sp³-hybridized carbons (Fsp3) is 0.500. The minimum Gasteiger partial charge on any atom is -0.294 e. The van der Waals surface area contributed by atoms with Crippen molar-refractivity contribution in [1.82, 2.24) is 0 Å². The van der Waals surface area contributed by atoms with Gasteiger partial charge in [0.2, 0.25) is 0 Å². The summed E-state index contributed by atoms with van der Waals surface area (Å²) in [7, 11) is 0. The molecule has 1 fully saturated rings. The van der Waals surface area contributed by atoms with Crippen LogP contribution in [-0.2, 0) is 0 Å². The van der Waals surface area contributed by atoms with Gasteiger partial charge in [0.05, 0.1) is 0 Å². The molecule has 1 nitrogen and oxygen atoms in total. The van der Waals surface area contributed by atoms with Gasteiger partial charge in [-0.1, -0.05) is 31.4 Å². The van der Waals surface area contributed by atoms with E-state index < -0.39 is 0 Å². The molecule has 0 aromatic heterocycles. The summed E-state index contributed by atoms with van der Waals surface area (Å²) in [6.45, 7) is 2.27. The first-order valence-corrected chi connectivity index (χ1v) is 6.34. The monoisotopic (exact) mass is 236 g/mol. The Hall–Kier alpha value is -0.820. The summed E-state index contributed by atoms with van der Waals surface area (Å²) in [5, 5.41) is 0.689. The Morgan fingerprint density at radius 2 is 1.69 bits per heavy atom. The summed E-state index contributed by atoms with van der Waals surface area (Å²) in [5.74, 6) is 1.32. The van der Waals surface area contributed by atoms with Crippen LogP contribution in [0.1, 0.15) is 43.0 Å². The molecule has 0 heterocycles. The van der Waals surface area contributed by atoms with Crippen molar-refractivity contribution in [2.24, 2.45) is 11.8 Å². The molecule has 86 valence electrons. The number of benzene rings is 1. The van der Waals surface area contributed by atoms with Gasteiger partial charge < -0.3 is 0 Å². The smallest absolute Gasteiger partial charge is 0.165 e. The molecular formula is C14H17ClO. The van der Waals surface area contributed by atoms with E-state index >= 15 is 0 Å². The molecule has 0 saturated heterocycles. The lowest BCUT2D eigenvalue weighted by molar-refractivity contribution is 0.0875. The Balaban J connectivity index is 2.05. The second kappa shape index (κ2) is 5.01.